The van der Waals surface area contributed by atoms with Crippen LogP contribution in [0.5, 0.6) is 0 Å². The Labute approximate surface area is 84.9 Å². The fraction of sp³-hybridized carbons (Fsp3) is 0. The van der Waals surface area contributed by atoms with Crippen LogP contribution in [-0.4, -0.2) is 4.92 Å². The highest BCUT2D eigenvalue weighted by Crippen LogP contribution is 2.20. The van der Waals surface area contributed by atoms with Crippen molar-refractivity contribution < 1.29 is 4.92 Å². The van der Waals surface area contributed by atoms with E-state index >= 15 is 0 Å². The predicted octanol–water partition coefficient (Wildman–Crippen LogP) is 2.12. The van der Waals surface area contributed by atoms with E-state index in [1.165, 1.54) is 18.2 Å². The van der Waals surface area contributed by atoms with Gasteiger partial charge in [-0.05, 0) is 12.0 Å². The van der Waals surface area contributed by atoms with Crippen molar-refractivity contribution in [2.75, 3.05) is 0 Å². The van der Waals surface area contributed by atoms with Crippen molar-refractivity contribution in [3.8, 4) is 17.9 Å². The van der Waals surface area contributed by atoms with Crippen molar-refractivity contribution in [1.29, 1.82) is 5.26 Å². The number of nitro benzene ring substituents is 1. The van der Waals surface area contributed by atoms with Crippen LogP contribution in [0.25, 0.3) is 0 Å². The Kier molecular flexibility index (Phi) is 3.06. The zero-order valence-electron chi connectivity index (χ0n) is 6.82. The Bertz CT molecular complexity index is 480. The number of nitro groups is 1. The first kappa shape index (κ1) is 10.0. The van der Waals surface area contributed by atoms with Gasteiger partial charge in [0.15, 0.2) is 6.07 Å². The summed E-state index contributed by atoms with van der Waals surface area (Å²) < 4.78 is 0. The van der Waals surface area contributed by atoms with Gasteiger partial charge in [-0.2, -0.15) is 5.26 Å². The third-order valence-electron chi connectivity index (χ3n) is 1.41. The Morgan fingerprint density at radius 2 is 2.21 bits per heavy atom. The Hall–Kier alpha value is -2.04. The van der Waals surface area contributed by atoms with Gasteiger partial charge in [-0.3, -0.25) is 10.1 Å². The summed E-state index contributed by atoms with van der Waals surface area (Å²) in [4.78, 5) is 9.84. The molecule has 5 heteroatoms. The van der Waals surface area contributed by atoms with E-state index in [1.54, 1.807) is 6.07 Å². The molecule has 0 bridgehead atoms. The summed E-state index contributed by atoms with van der Waals surface area (Å²) in [6.07, 6.45) is 0. The minimum Gasteiger partial charge on any atom is -0.258 e. The number of halogens is 1. The first-order chi connectivity index (χ1) is 6.65. The highest BCUT2D eigenvalue weighted by Gasteiger charge is 2.07. The maximum absolute atomic E-state index is 10.4. The van der Waals surface area contributed by atoms with Crippen LogP contribution in [0, 0.1) is 33.3 Å². The second-order valence-electron chi connectivity index (χ2n) is 2.28. The van der Waals surface area contributed by atoms with Gasteiger partial charge < -0.3 is 0 Å². The first-order valence-electron chi connectivity index (χ1n) is 3.49. The molecule has 0 spiro atoms. The fourth-order valence-electron chi connectivity index (χ4n) is 0.818. The van der Waals surface area contributed by atoms with E-state index in [-0.39, 0.29) is 11.3 Å². The molecule has 0 amide bonds. The van der Waals surface area contributed by atoms with Gasteiger partial charge in [-0.1, -0.05) is 11.6 Å². The molecule has 0 radical (unpaired) electrons. The van der Waals surface area contributed by atoms with Gasteiger partial charge in [0.1, 0.15) is 0 Å². The second kappa shape index (κ2) is 4.27. The summed E-state index contributed by atoms with van der Waals surface area (Å²) in [7, 11) is 0. The average Bonchev–Trinajstić information content (AvgIpc) is 2.16. The van der Waals surface area contributed by atoms with E-state index in [9.17, 15) is 10.1 Å². The highest BCUT2D eigenvalue weighted by atomic mass is 35.5. The number of rotatable bonds is 1. The number of hydrogen-bond acceptors (Lipinski definition) is 3. The topological polar surface area (TPSA) is 66.9 Å². The Morgan fingerprint density at radius 3 is 2.79 bits per heavy atom. The molecule has 1 aromatic carbocycles. The molecule has 0 aliphatic rings. The van der Waals surface area contributed by atoms with Crippen LogP contribution in [0.1, 0.15) is 5.56 Å². The van der Waals surface area contributed by atoms with Crippen molar-refractivity contribution in [1.82, 2.24) is 0 Å². The van der Waals surface area contributed by atoms with E-state index in [0.29, 0.717) is 5.02 Å². The standard InChI is InChI=1S/C9H3ClN2O2/c10-9-4-3-8(12(13)14)6-7(9)2-1-5-11/h3-4,6H. The molecular weight excluding hydrogens is 204 g/mol. The molecule has 0 aliphatic heterocycles. The monoisotopic (exact) mass is 206 g/mol. The number of non-ortho nitro benzene ring substituents is 1. The molecular formula is C9H3ClN2O2. The second-order valence-corrected chi connectivity index (χ2v) is 2.69. The molecule has 4 nitrogen and oxygen atoms in total. The highest BCUT2D eigenvalue weighted by molar-refractivity contribution is 6.31. The average molecular weight is 207 g/mol. The van der Waals surface area contributed by atoms with E-state index in [1.807, 2.05) is 0 Å². The van der Waals surface area contributed by atoms with Crippen LogP contribution in [0.2, 0.25) is 5.02 Å². The minimum atomic E-state index is -0.548. The maximum Gasteiger partial charge on any atom is 0.270 e. The van der Waals surface area contributed by atoms with Crippen LogP contribution in [0.4, 0.5) is 5.69 Å². The minimum absolute atomic E-state index is 0.100. The Morgan fingerprint density at radius 1 is 1.50 bits per heavy atom. The van der Waals surface area contributed by atoms with Gasteiger partial charge in [-0.25, -0.2) is 0 Å². The van der Waals surface area contributed by atoms with Crippen molar-refractivity contribution in [3.63, 3.8) is 0 Å². The molecule has 0 fully saturated rings. The van der Waals surface area contributed by atoms with E-state index in [0.717, 1.165) is 0 Å². The van der Waals surface area contributed by atoms with Crippen LogP contribution in [0.3, 0.4) is 0 Å². The molecule has 1 rings (SSSR count). The molecule has 0 unspecified atom stereocenters. The fourth-order valence-corrected chi connectivity index (χ4v) is 0.983. The van der Waals surface area contributed by atoms with Gasteiger partial charge in [0.25, 0.3) is 5.69 Å². The van der Waals surface area contributed by atoms with Crippen molar-refractivity contribution in [2.45, 2.75) is 0 Å². The smallest absolute Gasteiger partial charge is 0.258 e. The number of nitriles is 1. The summed E-state index contributed by atoms with van der Waals surface area (Å²) in [6, 6.07) is 5.49. The third-order valence-corrected chi connectivity index (χ3v) is 1.74. The molecule has 0 aromatic heterocycles. The molecule has 0 aliphatic carbocycles. The van der Waals surface area contributed by atoms with Gasteiger partial charge in [0, 0.05) is 18.1 Å². The molecule has 1 aromatic rings. The van der Waals surface area contributed by atoms with E-state index < -0.39 is 4.92 Å². The number of nitrogens with zero attached hydrogens (tertiary/aromatic N) is 2. The summed E-state index contributed by atoms with van der Waals surface area (Å²) in [5.74, 6) is 4.53. The summed E-state index contributed by atoms with van der Waals surface area (Å²) in [5, 5.41) is 18.9. The molecule has 0 saturated carbocycles. The number of hydrogen-bond donors (Lipinski definition) is 0. The molecule has 68 valence electrons. The zero-order chi connectivity index (χ0) is 10.6. The van der Waals surface area contributed by atoms with E-state index in [4.69, 9.17) is 16.9 Å². The molecule has 0 N–H and O–H groups in total. The molecule has 0 atom stereocenters. The van der Waals surface area contributed by atoms with Gasteiger partial charge >= 0.3 is 0 Å². The quantitative estimate of drug-likeness (QED) is 0.402. The lowest BCUT2D eigenvalue weighted by Gasteiger charge is -1.94. The normalized spacial score (nSPS) is 8.29. The van der Waals surface area contributed by atoms with E-state index in [2.05, 4.69) is 11.8 Å². The van der Waals surface area contributed by atoms with Crippen LogP contribution >= 0.6 is 11.6 Å². The first-order valence-corrected chi connectivity index (χ1v) is 3.87. The van der Waals surface area contributed by atoms with Crippen LogP contribution in [0.15, 0.2) is 18.2 Å². The lowest BCUT2D eigenvalue weighted by atomic mass is 10.2. The van der Waals surface area contributed by atoms with Crippen LogP contribution in [-0.2, 0) is 0 Å². The summed E-state index contributed by atoms with van der Waals surface area (Å²) >= 11 is 5.70. The maximum atomic E-state index is 10.4. The summed E-state index contributed by atoms with van der Waals surface area (Å²) in [6.45, 7) is 0. The molecule has 14 heavy (non-hydrogen) atoms. The van der Waals surface area contributed by atoms with Gasteiger partial charge in [0.2, 0.25) is 0 Å². The molecule has 0 saturated heterocycles. The summed E-state index contributed by atoms with van der Waals surface area (Å²) in [5.41, 5.74) is 0.180. The van der Waals surface area contributed by atoms with Gasteiger partial charge in [0.05, 0.1) is 15.5 Å². The lowest BCUT2D eigenvalue weighted by molar-refractivity contribution is -0.384. The SMILES string of the molecule is N#CC#Cc1cc([N+](=O)[O-])ccc1Cl. The van der Waals surface area contributed by atoms with Gasteiger partial charge in [-0.15, -0.1) is 0 Å². The molecule has 0 heterocycles. The zero-order valence-corrected chi connectivity index (χ0v) is 7.58. The van der Waals surface area contributed by atoms with Crippen molar-refractivity contribution in [2.24, 2.45) is 0 Å². The predicted molar refractivity (Wildman–Crippen MR) is 50.6 cm³/mol. The number of benzene rings is 1. The van der Waals surface area contributed by atoms with Crippen molar-refractivity contribution >= 4 is 17.3 Å². The largest absolute Gasteiger partial charge is 0.270 e. The lowest BCUT2D eigenvalue weighted by Crippen LogP contribution is -1.88. The third kappa shape index (κ3) is 2.22. The Balaban J connectivity index is 3.23. The van der Waals surface area contributed by atoms with Crippen molar-refractivity contribution in [3.05, 3.63) is 38.9 Å². The van der Waals surface area contributed by atoms with Crippen LogP contribution < -0.4 is 0 Å².